The minimum absolute atomic E-state index is 0.0159. The maximum absolute atomic E-state index is 11.9. The Morgan fingerprint density at radius 2 is 1.69 bits per heavy atom. The third-order valence-corrected chi connectivity index (χ3v) is 3.97. The molecular formula is C19H14ClN3O3. The van der Waals surface area contributed by atoms with Gasteiger partial charge in [0.2, 0.25) is 0 Å². The molecule has 0 unspecified atom stereocenters. The number of nitrogens with one attached hydrogen (secondary N) is 2. The van der Waals surface area contributed by atoms with Gasteiger partial charge in [0.25, 0.3) is 0 Å². The van der Waals surface area contributed by atoms with Gasteiger partial charge in [-0.3, -0.25) is 9.59 Å². The molecule has 7 heteroatoms. The van der Waals surface area contributed by atoms with Crippen LogP contribution in [0, 0.1) is 0 Å². The number of halogens is 1. The van der Waals surface area contributed by atoms with Crippen molar-refractivity contribution in [3.05, 3.63) is 71.2 Å². The van der Waals surface area contributed by atoms with E-state index in [2.05, 4.69) is 15.8 Å². The van der Waals surface area contributed by atoms with Crippen molar-refractivity contribution in [2.75, 3.05) is 5.32 Å². The van der Waals surface area contributed by atoms with Crippen molar-refractivity contribution >= 4 is 46.1 Å². The fourth-order valence-corrected chi connectivity index (χ4v) is 2.55. The molecule has 0 bridgehead atoms. The predicted molar refractivity (Wildman–Crippen MR) is 101 cm³/mol. The average Bonchev–Trinajstić information content (AvgIpc) is 2.65. The van der Waals surface area contributed by atoms with E-state index in [4.69, 9.17) is 11.6 Å². The summed E-state index contributed by atoms with van der Waals surface area (Å²) < 4.78 is 0. The van der Waals surface area contributed by atoms with E-state index >= 15 is 0 Å². The molecule has 0 aliphatic rings. The first-order valence-corrected chi connectivity index (χ1v) is 8.03. The molecule has 0 aliphatic heterocycles. The number of hydrogen-bond donors (Lipinski definition) is 3. The number of hydrazone groups is 1. The van der Waals surface area contributed by atoms with Crippen LogP contribution in [0.5, 0.6) is 5.75 Å². The van der Waals surface area contributed by atoms with E-state index in [1.165, 1.54) is 12.3 Å². The molecule has 3 N–H and O–H groups in total. The molecule has 0 saturated carbocycles. The first kappa shape index (κ1) is 17.4. The Hall–Kier alpha value is -3.38. The first-order valence-electron chi connectivity index (χ1n) is 7.66. The van der Waals surface area contributed by atoms with Gasteiger partial charge in [0.15, 0.2) is 0 Å². The van der Waals surface area contributed by atoms with E-state index < -0.39 is 11.8 Å². The quantitative estimate of drug-likeness (QED) is 0.377. The molecule has 0 radical (unpaired) electrons. The van der Waals surface area contributed by atoms with Crippen LogP contribution in [0.3, 0.4) is 0 Å². The summed E-state index contributed by atoms with van der Waals surface area (Å²) in [4.78, 5) is 23.7. The summed E-state index contributed by atoms with van der Waals surface area (Å²) in [6, 6.07) is 17.3. The van der Waals surface area contributed by atoms with E-state index in [0.717, 1.165) is 10.8 Å². The van der Waals surface area contributed by atoms with Crippen molar-refractivity contribution < 1.29 is 14.7 Å². The molecule has 0 fully saturated rings. The third kappa shape index (κ3) is 3.81. The molecule has 3 rings (SSSR count). The summed E-state index contributed by atoms with van der Waals surface area (Å²) >= 11 is 5.93. The van der Waals surface area contributed by atoms with E-state index in [0.29, 0.717) is 16.3 Å². The maximum Gasteiger partial charge on any atom is 0.329 e. The number of anilines is 1. The number of hydrogen-bond acceptors (Lipinski definition) is 4. The Morgan fingerprint density at radius 1 is 0.962 bits per heavy atom. The number of phenols is 1. The largest absolute Gasteiger partial charge is 0.507 e. The minimum atomic E-state index is -0.958. The Labute approximate surface area is 154 Å². The zero-order valence-corrected chi connectivity index (χ0v) is 14.2. The molecule has 26 heavy (non-hydrogen) atoms. The molecule has 0 saturated heterocycles. The van der Waals surface area contributed by atoms with E-state index in [1.54, 1.807) is 30.3 Å². The van der Waals surface area contributed by atoms with E-state index in [1.807, 2.05) is 24.3 Å². The van der Waals surface area contributed by atoms with Crippen LogP contribution < -0.4 is 10.7 Å². The molecule has 0 atom stereocenters. The second-order valence-electron chi connectivity index (χ2n) is 5.35. The van der Waals surface area contributed by atoms with Gasteiger partial charge in [0.1, 0.15) is 5.75 Å². The number of carbonyl (C=O) groups excluding carboxylic acids is 2. The van der Waals surface area contributed by atoms with Crippen molar-refractivity contribution in [2.24, 2.45) is 5.10 Å². The van der Waals surface area contributed by atoms with Crippen LogP contribution >= 0.6 is 11.6 Å². The van der Waals surface area contributed by atoms with Gasteiger partial charge < -0.3 is 10.4 Å². The molecule has 130 valence electrons. The Morgan fingerprint density at radius 3 is 2.50 bits per heavy atom. The van der Waals surface area contributed by atoms with Crippen LogP contribution in [0.15, 0.2) is 65.8 Å². The normalized spacial score (nSPS) is 10.8. The van der Waals surface area contributed by atoms with Crippen molar-refractivity contribution in [2.45, 2.75) is 0 Å². The molecule has 2 amide bonds. The van der Waals surface area contributed by atoms with Gasteiger partial charge in [-0.2, -0.15) is 5.10 Å². The number of carbonyl (C=O) groups is 2. The Balaban J connectivity index is 1.71. The zero-order chi connectivity index (χ0) is 18.5. The van der Waals surface area contributed by atoms with Crippen LogP contribution in [0.1, 0.15) is 5.56 Å². The summed E-state index contributed by atoms with van der Waals surface area (Å²) in [6.07, 6.45) is 1.29. The topological polar surface area (TPSA) is 90.8 Å². The predicted octanol–water partition coefficient (Wildman–Crippen LogP) is 3.29. The van der Waals surface area contributed by atoms with E-state index in [9.17, 15) is 14.7 Å². The molecular weight excluding hydrogens is 354 g/mol. The molecule has 6 nitrogen and oxygen atoms in total. The van der Waals surface area contributed by atoms with Crippen LogP contribution in [0.4, 0.5) is 5.69 Å². The highest BCUT2D eigenvalue weighted by Crippen LogP contribution is 2.25. The van der Waals surface area contributed by atoms with Crippen LogP contribution in [0.2, 0.25) is 5.02 Å². The third-order valence-electron chi connectivity index (χ3n) is 3.64. The van der Waals surface area contributed by atoms with Crippen molar-refractivity contribution in [1.29, 1.82) is 0 Å². The van der Waals surface area contributed by atoms with Crippen LogP contribution in [-0.4, -0.2) is 23.1 Å². The average molecular weight is 368 g/mol. The number of benzene rings is 3. The standard InChI is InChI=1S/C19H14ClN3O3/c20-15-7-3-4-8-16(15)22-18(25)19(26)23-21-11-14-13-6-2-1-5-12(13)9-10-17(14)24/h1-11,24H,(H,22,25)(H,23,26)/b21-11+. The van der Waals surface area contributed by atoms with Gasteiger partial charge >= 0.3 is 11.8 Å². The SMILES string of the molecule is O=C(N/N=C/c1c(O)ccc2ccccc12)C(=O)Nc1ccccc1Cl. The highest BCUT2D eigenvalue weighted by molar-refractivity contribution is 6.41. The molecule has 0 heterocycles. The number of phenolic OH excluding ortho intramolecular Hbond substituents is 1. The van der Waals surface area contributed by atoms with Gasteiger partial charge in [-0.05, 0) is 29.0 Å². The highest BCUT2D eigenvalue weighted by atomic mass is 35.5. The summed E-state index contributed by atoms with van der Waals surface area (Å²) in [5.41, 5.74) is 2.89. The zero-order valence-electron chi connectivity index (χ0n) is 13.4. The van der Waals surface area contributed by atoms with Crippen molar-refractivity contribution in [3.63, 3.8) is 0 Å². The number of para-hydroxylation sites is 1. The van der Waals surface area contributed by atoms with Crippen molar-refractivity contribution in [1.82, 2.24) is 5.43 Å². The molecule has 0 aliphatic carbocycles. The fraction of sp³-hybridized carbons (Fsp3) is 0. The van der Waals surface area contributed by atoms with Gasteiger partial charge in [-0.25, -0.2) is 5.43 Å². The summed E-state index contributed by atoms with van der Waals surface area (Å²) in [7, 11) is 0. The monoisotopic (exact) mass is 367 g/mol. The number of nitrogens with zero attached hydrogens (tertiary/aromatic N) is 1. The number of rotatable bonds is 3. The Bertz CT molecular complexity index is 1020. The van der Waals surface area contributed by atoms with Crippen molar-refractivity contribution in [3.8, 4) is 5.75 Å². The summed E-state index contributed by atoms with van der Waals surface area (Å²) in [5.74, 6) is -1.85. The molecule has 0 spiro atoms. The summed E-state index contributed by atoms with van der Waals surface area (Å²) in [6.45, 7) is 0. The number of amides is 2. The van der Waals surface area contributed by atoms with Crippen LogP contribution in [0.25, 0.3) is 10.8 Å². The summed E-state index contributed by atoms with van der Waals surface area (Å²) in [5, 5.41) is 18.2. The molecule has 0 aromatic heterocycles. The van der Waals surface area contributed by atoms with Gasteiger partial charge in [-0.1, -0.05) is 54.1 Å². The lowest BCUT2D eigenvalue weighted by Crippen LogP contribution is -2.32. The van der Waals surface area contributed by atoms with Gasteiger partial charge in [0, 0.05) is 5.56 Å². The fourth-order valence-electron chi connectivity index (χ4n) is 2.37. The smallest absolute Gasteiger partial charge is 0.329 e. The van der Waals surface area contributed by atoms with Crippen LogP contribution in [-0.2, 0) is 9.59 Å². The lowest BCUT2D eigenvalue weighted by Gasteiger charge is -2.06. The lowest BCUT2D eigenvalue weighted by molar-refractivity contribution is -0.136. The second kappa shape index (κ2) is 7.67. The second-order valence-corrected chi connectivity index (χ2v) is 5.76. The first-order chi connectivity index (χ1) is 12.6. The molecule has 3 aromatic carbocycles. The van der Waals surface area contributed by atoms with Gasteiger partial charge in [-0.15, -0.1) is 0 Å². The highest BCUT2D eigenvalue weighted by Gasteiger charge is 2.14. The van der Waals surface area contributed by atoms with Gasteiger partial charge in [0.05, 0.1) is 16.9 Å². The van der Waals surface area contributed by atoms with E-state index in [-0.39, 0.29) is 5.75 Å². The minimum Gasteiger partial charge on any atom is -0.507 e. The Kier molecular flexibility index (Phi) is 5.15. The molecule has 3 aromatic rings. The maximum atomic E-state index is 11.9. The number of fused-ring (bicyclic) bond motifs is 1. The lowest BCUT2D eigenvalue weighted by atomic mass is 10.0. The number of aromatic hydroxyl groups is 1.